The van der Waals surface area contributed by atoms with Gasteiger partial charge in [0.15, 0.2) is 0 Å². The molecule has 0 atom stereocenters. The topological polar surface area (TPSA) is 52.6 Å². The lowest BCUT2D eigenvalue weighted by molar-refractivity contribution is 0.398. The third-order valence-electron chi connectivity index (χ3n) is 3.42. The van der Waals surface area contributed by atoms with Gasteiger partial charge in [-0.25, -0.2) is 0 Å². The van der Waals surface area contributed by atoms with Gasteiger partial charge in [-0.15, -0.1) is 0 Å². The van der Waals surface area contributed by atoms with Crippen LogP contribution in [0.5, 0.6) is 11.5 Å². The largest absolute Gasteiger partial charge is 0.495 e. The molecule has 0 aliphatic carbocycles. The number of hydrogen-bond donors (Lipinski definition) is 0. The van der Waals surface area contributed by atoms with Gasteiger partial charge in [0.2, 0.25) is 0 Å². The Hall–Kier alpha value is -2.01. The van der Waals surface area contributed by atoms with Crippen LogP contribution in [0.2, 0.25) is 0 Å². The summed E-state index contributed by atoms with van der Waals surface area (Å²) in [5, 5.41) is 0. The van der Waals surface area contributed by atoms with Crippen LogP contribution in [0.4, 0.5) is 0 Å². The van der Waals surface area contributed by atoms with Crippen LogP contribution in [0.15, 0.2) is 47.4 Å². The summed E-state index contributed by atoms with van der Waals surface area (Å²) in [6.45, 7) is 5.91. The Kier molecular flexibility index (Phi) is 4.76. The molecular weight excluding hydrogens is 300 g/mol. The monoisotopic (exact) mass is 320 g/mol. The molecule has 0 spiro atoms. The number of para-hydroxylation sites is 1. The fourth-order valence-corrected chi connectivity index (χ4v) is 3.20. The van der Waals surface area contributed by atoms with E-state index in [1.165, 1.54) is 13.2 Å². The normalized spacial score (nSPS) is 11.5. The minimum absolute atomic E-state index is 0.0202. The molecule has 0 aliphatic heterocycles. The van der Waals surface area contributed by atoms with Crippen LogP contribution in [0.3, 0.4) is 0 Å². The average molecular weight is 320 g/mol. The van der Waals surface area contributed by atoms with Crippen molar-refractivity contribution in [1.29, 1.82) is 0 Å². The van der Waals surface area contributed by atoms with Crippen LogP contribution in [0.1, 0.15) is 30.9 Å². The fraction of sp³-hybridized carbons (Fsp3) is 0.294. The second kappa shape index (κ2) is 6.40. The van der Waals surface area contributed by atoms with Crippen LogP contribution in [-0.4, -0.2) is 15.5 Å². The van der Waals surface area contributed by atoms with Gasteiger partial charge in [0, 0.05) is 0 Å². The zero-order valence-corrected chi connectivity index (χ0v) is 14.0. The van der Waals surface area contributed by atoms with Gasteiger partial charge in [0.05, 0.1) is 7.11 Å². The summed E-state index contributed by atoms with van der Waals surface area (Å²) in [7, 11) is -2.52. The Morgan fingerprint density at radius 1 is 1.00 bits per heavy atom. The van der Waals surface area contributed by atoms with Crippen molar-refractivity contribution in [3.63, 3.8) is 0 Å². The molecule has 2 aromatic rings. The zero-order chi connectivity index (χ0) is 16.3. The van der Waals surface area contributed by atoms with Gasteiger partial charge in [-0.3, -0.25) is 0 Å². The summed E-state index contributed by atoms with van der Waals surface area (Å²) >= 11 is 0. The van der Waals surface area contributed by atoms with E-state index < -0.39 is 10.1 Å². The van der Waals surface area contributed by atoms with E-state index in [1.54, 1.807) is 24.3 Å². The second-order valence-corrected chi connectivity index (χ2v) is 6.88. The van der Waals surface area contributed by atoms with Gasteiger partial charge in [-0.2, -0.15) is 8.42 Å². The number of rotatable bonds is 5. The Bertz CT molecular complexity index is 764. The predicted octanol–water partition coefficient (Wildman–Crippen LogP) is 3.89. The molecular formula is C17H20O4S. The molecule has 2 aromatic carbocycles. The molecule has 0 unspecified atom stereocenters. The number of methoxy groups -OCH3 is 1. The molecule has 22 heavy (non-hydrogen) atoms. The molecule has 5 heteroatoms. The van der Waals surface area contributed by atoms with E-state index in [0.29, 0.717) is 5.75 Å². The maximum absolute atomic E-state index is 12.5. The van der Waals surface area contributed by atoms with E-state index in [-0.39, 0.29) is 16.6 Å². The van der Waals surface area contributed by atoms with E-state index in [0.717, 1.165) is 11.1 Å². The fourth-order valence-electron chi connectivity index (χ4n) is 2.05. The van der Waals surface area contributed by atoms with Gasteiger partial charge >= 0.3 is 10.1 Å². The standard InChI is InChI=1S/C17H20O4S/c1-12(2)14-10-9-13(3)16(11-14)21-22(18,19)17-8-6-5-7-15(17)20-4/h5-12H,1-4H3. The van der Waals surface area contributed by atoms with Crippen molar-refractivity contribution in [2.75, 3.05) is 7.11 Å². The molecule has 2 rings (SSSR count). The first-order valence-electron chi connectivity index (χ1n) is 7.03. The van der Waals surface area contributed by atoms with Crippen LogP contribution >= 0.6 is 0 Å². The highest BCUT2D eigenvalue weighted by Crippen LogP contribution is 2.30. The second-order valence-electron chi connectivity index (χ2n) is 5.37. The molecule has 118 valence electrons. The van der Waals surface area contributed by atoms with Gasteiger partial charge in [0.1, 0.15) is 16.4 Å². The van der Waals surface area contributed by atoms with Crippen molar-refractivity contribution in [3.05, 3.63) is 53.6 Å². The number of aryl methyl sites for hydroxylation is 1. The molecule has 0 bridgehead atoms. The first-order valence-corrected chi connectivity index (χ1v) is 8.44. The quantitative estimate of drug-likeness (QED) is 0.784. The molecule has 0 saturated heterocycles. The average Bonchev–Trinajstić information content (AvgIpc) is 2.49. The number of hydrogen-bond acceptors (Lipinski definition) is 4. The van der Waals surface area contributed by atoms with E-state index in [4.69, 9.17) is 8.92 Å². The highest BCUT2D eigenvalue weighted by molar-refractivity contribution is 7.87. The Balaban J connectivity index is 2.43. The van der Waals surface area contributed by atoms with Crippen molar-refractivity contribution in [3.8, 4) is 11.5 Å². The summed E-state index contributed by atoms with van der Waals surface area (Å²) in [6, 6.07) is 12.0. The van der Waals surface area contributed by atoms with E-state index in [9.17, 15) is 8.42 Å². The first-order chi connectivity index (χ1) is 10.3. The lowest BCUT2D eigenvalue weighted by Gasteiger charge is -2.14. The van der Waals surface area contributed by atoms with Gasteiger partial charge in [-0.1, -0.05) is 38.1 Å². The molecule has 0 amide bonds. The smallest absolute Gasteiger partial charge is 0.342 e. The Morgan fingerprint density at radius 2 is 1.68 bits per heavy atom. The first kappa shape index (κ1) is 16.4. The van der Waals surface area contributed by atoms with E-state index >= 15 is 0 Å². The van der Waals surface area contributed by atoms with Crippen molar-refractivity contribution >= 4 is 10.1 Å². The molecule has 0 N–H and O–H groups in total. The SMILES string of the molecule is COc1ccccc1S(=O)(=O)Oc1cc(C(C)C)ccc1C. The van der Waals surface area contributed by atoms with Crippen molar-refractivity contribution in [2.45, 2.75) is 31.6 Å². The lowest BCUT2D eigenvalue weighted by Crippen LogP contribution is -2.12. The third-order valence-corrected chi connectivity index (χ3v) is 4.69. The molecule has 0 heterocycles. The van der Waals surface area contributed by atoms with Crippen LogP contribution in [0.25, 0.3) is 0 Å². The molecule has 0 radical (unpaired) electrons. The highest BCUT2D eigenvalue weighted by atomic mass is 32.2. The van der Waals surface area contributed by atoms with Gasteiger partial charge in [0.25, 0.3) is 0 Å². The number of ether oxygens (including phenoxy) is 1. The Morgan fingerprint density at radius 3 is 2.32 bits per heavy atom. The predicted molar refractivity (Wildman–Crippen MR) is 86.1 cm³/mol. The van der Waals surface area contributed by atoms with E-state index in [1.807, 2.05) is 32.9 Å². The molecule has 0 aromatic heterocycles. The minimum atomic E-state index is -3.95. The van der Waals surface area contributed by atoms with Gasteiger partial charge < -0.3 is 8.92 Å². The molecule has 0 aliphatic rings. The lowest BCUT2D eigenvalue weighted by atomic mass is 10.0. The van der Waals surface area contributed by atoms with Crippen molar-refractivity contribution in [1.82, 2.24) is 0 Å². The van der Waals surface area contributed by atoms with Crippen molar-refractivity contribution < 1.29 is 17.3 Å². The summed E-state index contributed by atoms with van der Waals surface area (Å²) in [6.07, 6.45) is 0. The Labute approximate surface area is 131 Å². The maximum atomic E-state index is 12.5. The highest BCUT2D eigenvalue weighted by Gasteiger charge is 2.22. The summed E-state index contributed by atoms with van der Waals surface area (Å²) in [5.41, 5.74) is 1.79. The van der Waals surface area contributed by atoms with Crippen LogP contribution in [0, 0.1) is 6.92 Å². The van der Waals surface area contributed by atoms with Crippen LogP contribution < -0.4 is 8.92 Å². The third kappa shape index (κ3) is 3.42. The molecule has 0 saturated carbocycles. The maximum Gasteiger partial charge on any atom is 0.342 e. The van der Waals surface area contributed by atoms with E-state index in [2.05, 4.69) is 0 Å². The minimum Gasteiger partial charge on any atom is -0.495 e. The molecule has 0 fully saturated rings. The van der Waals surface area contributed by atoms with Crippen molar-refractivity contribution in [2.24, 2.45) is 0 Å². The number of benzene rings is 2. The zero-order valence-electron chi connectivity index (χ0n) is 13.2. The summed E-state index contributed by atoms with van der Waals surface area (Å²) in [5.74, 6) is 0.897. The van der Waals surface area contributed by atoms with Gasteiger partial charge in [-0.05, 0) is 42.2 Å². The summed E-state index contributed by atoms with van der Waals surface area (Å²) in [4.78, 5) is 0.0202. The van der Waals surface area contributed by atoms with Crippen LogP contribution in [-0.2, 0) is 10.1 Å². The molecule has 4 nitrogen and oxygen atoms in total. The summed E-state index contributed by atoms with van der Waals surface area (Å²) < 4.78 is 35.5.